The summed E-state index contributed by atoms with van der Waals surface area (Å²) in [6.45, 7) is 7.79. The monoisotopic (exact) mass is 331 g/mol. The van der Waals surface area contributed by atoms with Gasteiger partial charge in [0.1, 0.15) is 0 Å². The minimum absolute atomic E-state index is 0. The molecule has 4 nitrogen and oxygen atoms in total. The predicted molar refractivity (Wildman–Crippen MR) is 91.3 cm³/mol. The van der Waals surface area contributed by atoms with Gasteiger partial charge in [0.15, 0.2) is 0 Å². The number of carbonyl (C=O) groups excluding carboxylic acids is 1. The third kappa shape index (κ3) is 5.58. The van der Waals surface area contributed by atoms with Crippen LogP contribution in [0.2, 0.25) is 0 Å². The lowest BCUT2D eigenvalue weighted by Crippen LogP contribution is -2.44. The second-order valence-corrected chi connectivity index (χ2v) is 6.40. The lowest BCUT2D eigenvalue weighted by molar-refractivity contribution is -0.123. The molecule has 2 N–H and O–H groups in total. The van der Waals surface area contributed by atoms with Crippen LogP contribution in [0.15, 0.2) is 17.5 Å². The average Bonchev–Trinajstić information content (AvgIpc) is 3.11. The number of amides is 1. The van der Waals surface area contributed by atoms with Crippen LogP contribution in [0.4, 0.5) is 0 Å². The first-order valence-corrected chi connectivity index (χ1v) is 8.36. The molecule has 1 aliphatic heterocycles. The van der Waals surface area contributed by atoms with Crippen LogP contribution in [0.25, 0.3) is 0 Å². The van der Waals surface area contributed by atoms with Gasteiger partial charge < -0.3 is 10.6 Å². The smallest absolute Gasteiger partial charge is 0.234 e. The molecular weight excluding hydrogens is 306 g/mol. The van der Waals surface area contributed by atoms with E-state index in [0.717, 1.165) is 32.5 Å². The Morgan fingerprint density at radius 3 is 3.00 bits per heavy atom. The fourth-order valence-corrected chi connectivity index (χ4v) is 3.44. The maximum Gasteiger partial charge on any atom is 0.234 e. The van der Waals surface area contributed by atoms with Crippen molar-refractivity contribution in [1.29, 1.82) is 0 Å². The number of halogens is 1. The molecule has 1 aromatic rings. The highest BCUT2D eigenvalue weighted by Crippen LogP contribution is 2.18. The molecule has 2 heterocycles. The fraction of sp³-hybridized carbons (Fsp3) is 0.667. The lowest BCUT2D eigenvalue weighted by atomic mass is 10.2. The molecule has 2 unspecified atom stereocenters. The Morgan fingerprint density at radius 2 is 2.43 bits per heavy atom. The Kier molecular flexibility index (Phi) is 8.26. The highest BCUT2D eigenvalue weighted by molar-refractivity contribution is 7.10. The quantitative estimate of drug-likeness (QED) is 0.806. The molecule has 0 aromatic carbocycles. The van der Waals surface area contributed by atoms with Gasteiger partial charge in [0.25, 0.3) is 0 Å². The molecule has 0 aliphatic carbocycles. The highest BCUT2D eigenvalue weighted by Gasteiger charge is 2.24. The molecule has 0 spiro atoms. The average molecular weight is 332 g/mol. The Labute approximate surface area is 137 Å². The number of nitrogens with zero attached hydrogens (tertiary/aromatic N) is 1. The summed E-state index contributed by atoms with van der Waals surface area (Å²) in [5.41, 5.74) is 0. The van der Waals surface area contributed by atoms with E-state index in [-0.39, 0.29) is 24.4 Å². The first-order valence-electron chi connectivity index (χ1n) is 7.48. The first-order chi connectivity index (χ1) is 9.70. The van der Waals surface area contributed by atoms with Crippen molar-refractivity contribution < 1.29 is 4.79 Å². The number of carbonyl (C=O) groups is 1. The van der Waals surface area contributed by atoms with Crippen molar-refractivity contribution in [3.05, 3.63) is 22.4 Å². The van der Waals surface area contributed by atoms with Crippen LogP contribution in [-0.4, -0.2) is 43.0 Å². The number of thiophene rings is 1. The molecule has 6 heteroatoms. The van der Waals surface area contributed by atoms with Gasteiger partial charge >= 0.3 is 0 Å². The normalized spacial score (nSPS) is 19.3. The topological polar surface area (TPSA) is 44.4 Å². The second-order valence-electron chi connectivity index (χ2n) is 5.42. The van der Waals surface area contributed by atoms with E-state index in [9.17, 15) is 4.79 Å². The van der Waals surface area contributed by atoms with Crippen molar-refractivity contribution in [2.24, 2.45) is 0 Å². The lowest BCUT2D eigenvalue weighted by Gasteiger charge is -2.27. The van der Waals surface area contributed by atoms with Crippen LogP contribution >= 0.6 is 23.7 Å². The van der Waals surface area contributed by atoms with Crippen molar-refractivity contribution in [1.82, 2.24) is 15.5 Å². The summed E-state index contributed by atoms with van der Waals surface area (Å²) in [4.78, 5) is 15.7. The predicted octanol–water partition coefficient (Wildman–Crippen LogP) is 2.42. The van der Waals surface area contributed by atoms with Gasteiger partial charge in [-0.2, -0.15) is 0 Å². The van der Waals surface area contributed by atoms with Gasteiger partial charge in [-0.1, -0.05) is 13.0 Å². The molecular formula is C15H26ClN3OS. The third-order valence-corrected chi connectivity index (χ3v) is 4.81. The summed E-state index contributed by atoms with van der Waals surface area (Å²) >= 11 is 1.69. The van der Waals surface area contributed by atoms with Gasteiger partial charge in [-0.15, -0.1) is 23.7 Å². The SMILES string of the molecule is CCCN(CC(=O)NC(C)c1cccs1)C1CCNC1.Cl. The standard InChI is InChI=1S/C15H25N3OS.ClH/c1-3-8-18(13-6-7-16-10-13)11-15(19)17-12(2)14-5-4-9-20-14;/h4-5,9,12-13,16H,3,6-8,10-11H2,1-2H3,(H,17,19);1H. The molecule has 2 atom stereocenters. The minimum Gasteiger partial charge on any atom is -0.348 e. The summed E-state index contributed by atoms with van der Waals surface area (Å²) in [5, 5.41) is 8.53. The third-order valence-electron chi connectivity index (χ3n) is 3.76. The molecule has 1 aliphatic rings. The van der Waals surface area contributed by atoms with Gasteiger partial charge in [0, 0.05) is 17.5 Å². The van der Waals surface area contributed by atoms with E-state index in [1.165, 1.54) is 4.88 Å². The Bertz CT molecular complexity index is 407. The van der Waals surface area contributed by atoms with Crippen LogP contribution in [-0.2, 0) is 4.79 Å². The maximum atomic E-state index is 12.2. The van der Waals surface area contributed by atoms with Crippen LogP contribution in [0.3, 0.4) is 0 Å². The fourth-order valence-electron chi connectivity index (χ4n) is 2.71. The van der Waals surface area contributed by atoms with Crippen molar-refractivity contribution >= 4 is 29.7 Å². The molecule has 2 rings (SSSR count). The first kappa shape index (κ1) is 18.4. The Balaban J connectivity index is 0.00000220. The largest absolute Gasteiger partial charge is 0.348 e. The van der Waals surface area contributed by atoms with E-state index in [0.29, 0.717) is 12.6 Å². The molecule has 120 valence electrons. The summed E-state index contributed by atoms with van der Waals surface area (Å²) < 4.78 is 0. The highest BCUT2D eigenvalue weighted by atomic mass is 35.5. The number of rotatable bonds is 7. The van der Waals surface area contributed by atoms with Crippen molar-refractivity contribution in [3.8, 4) is 0 Å². The zero-order valence-corrected chi connectivity index (χ0v) is 14.4. The molecule has 0 saturated carbocycles. The Hall–Kier alpha value is -0.620. The number of hydrogen-bond acceptors (Lipinski definition) is 4. The molecule has 1 amide bonds. The maximum absolute atomic E-state index is 12.2. The van der Waals surface area contributed by atoms with Gasteiger partial charge in [-0.25, -0.2) is 0 Å². The second kappa shape index (κ2) is 9.41. The summed E-state index contributed by atoms with van der Waals surface area (Å²) in [6.07, 6.45) is 2.23. The summed E-state index contributed by atoms with van der Waals surface area (Å²) in [5.74, 6) is 0.131. The van der Waals surface area contributed by atoms with E-state index >= 15 is 0 Å². The van der Waals surface area contributed by atoms with E-state index in [1.54, 1.807) is 11.3 Å². The van der Waals surface area contributed by atoms with Crippen LogP contribution in [0.1, 0.15) is 37.6 Å². The van der Waals surface area contributed by atoms with Crippen LogP contribution < -0.4 is 10.6 Å². The van der Waals surface area contributed by atoms with Gasteiger partial charge in [-0.3, -0.25) is 9.69 Å². The van der Waals surface area contributed by atoms with Crippen molar-refractivity contribution in [2.75, 3.05) is 26.2 Å². The van der Waals surface area contributed by atoms with E-state index < -0.39 is 0 Å². The molecule has 0 bridgehead atoms. The van der Waals surface area contributed by atoms with Crippen LogP contribution in [0.5, 0.6) is 0 Å². The van der Waals surface area contributed by atoms with Gasteiger partial charge in [0.05, 0.1) is 12.6 Å². The molecule has 1 saturated heterocycles. The van der Waals surface area contributed by atoms with Crippen molar-refractivity contribution in [3.63, 3.8) is 0 Å². The van der Waals surface area contributed by atoms with E-state index in [2.05, 4.69) is 28.5 Å². The number of hydrogen-bond donors (Lipinski definition) is 2. The van der Waals surface area contributed by atoms with Gasteiger partial charge in [-0.05, 0) is 44.3 Å². The van der Waals surface area contributed by atoms with E-state index in [1.807, 2.05) is 18.4 Å². The van der Waals surface area contributed by atoms with Gasteiger partial charge in [0.2, 0.25) is 5.91 Å². The minimum atomic E-state index is 0. The molecule has 1 aromatic heterocycles. The van der Waals surface area contributed by atoms with Crippen LogP contribution in [0, 0.1) is 0 Å². The van der Waals surface area contributed by atoms with E-state index in [4.69, 9.17) is 0 Å². The molecule has 21 heavy (non-hydrogen) atoms. The zero-order valence-electron chi connectivity index (χ0n) is 12.8. The summed E-state index contributed by atoms with van der Waals surface area (Å²) in [7, 11) is 0. The molecule has 0 radical (unpaired) electrons. The zero-order chi connectivity index (χ0) is 14.4. The van der Waals surface area contributed by atoms with Crippen molar-refractivity contribution in [2.45, 2.75) is 38.8 Å². The molecule has 1 fully saturated rings. The number of nitrogens with one attached hydrogen (secondary N) is 2. The summed E-state index contributed by atoms with van der Waals surface area (Å²) in [6, 6.07) is 4.71. The Morgan fingerprint density at radius 1 is 1.62 bits per heavy atom.